The van der Waals surface area contributed by atoms with Gasteiger partial charge in [-0.05, 0) is 32.6 Å². The lowest BCUT2D eigenvalue weighted by Gasteiger charge is -2.05. The van der Waals surface area contributed by atoms with E-state index in [9.17, 15) is 9.90 Å². The fourth-order valence-electron chi connectivity index (χ4n) is 1.54. The van der Waals surface area contributed by atoms with Gasteiger partial charge >= 0.3 is 0 Å². The molecule has 4 heteroatoms. The molecule has 15 heavy (non-hydrogen) atoms. The van der Waals surface area contributed by atoms with E-state index in [1.54, 1.807) is 11.3 Å². The minimum absolute atomic E-state index is 0.0775. The molecule has 1 aliphatic rings. The Labute approximate surface area is 93.2 Å². The fraction of sp³-hybridized carbons (Fsp3) is 0.636. The average Bonchev–Trinajstić information content (AvgIpc) is 2.95. The highest BCUT2D eigenvalue weighted by molar-refractivity contribution is 7.11. The molecule has 1 fully saturated rings. The van der Waals surface area contributed by atoms with Crippen LogP contribution in [0.1, 0.15) is 28.4 Å². The Morgan fingerprint density at radius 3 is 2.73 bits per heavy atom. The van der Waals surface area contributed by atoms with Gasteiger partial charge in [0.25, 0.3) is 0 Å². The number of thiazole rings is 1. The summed E-state index contributed by atoms with van der Waals surface area (Å²) in [6, 6.07) is 0. The maximum atomic E-state index is 11.6. The van der Waals surface area contributed by atoms with Gasteiger partial charge in [0.1, 0.15) is 11.1 Å². The van der Waals surface area contributed by atoms with Crippen molar-refractivity contribution in [2.45, 2.75) is 39.2 Å². The number of aliphatic hydroxyl groups excluding tert-OH is 1. The lowest BCUT2D eigenvalue weighted by Crippen LogP contribution is -2.24. The number of aryl methyl sites for hydroxylation is 2. The Morgan fingerprint density at radius 1 is 1.60 bits per heavy atom. The molecule has 1 atom stereocenters. The Hall–Kier alpha value is -0.740. The van der Waals surface area contributed by atoms with Crippen molar-refractivity contribution in [2.75, 3.05) is 0 Å². The summed E-state index contributed by atoms with van der Waals surface area (Å²) in [6.45, 7) is 3.94. The van der Waals surface area contributed by atoms with Crippen LogP contribution in [0, 0.1) is 19.8 Å². The van der Waals surface area contributed by atoms with Gasteiger partial charge in [-0.1, -0.05) is 0 Å². The predicted octanol–water partition coefficient (Wildman–Crippen LogP) is 1.64. The minimum atomic E-state index is -0.755. The molecular formula is C11H15NO2S. The summed E-state index contributed by atoms with van der Waals surface area (Å²) >= 11 is 1.55. The van der Waals surface area contributed by atoms with E-state index in [1.807, 2.05) is 13.8 Å². The number of hydrogen-bond acceptors (Lipinski definition) is 4. The van der Waals surface area contributed by atoms with Crippen molar-refractivity contribution in [3.8, 4) is 0 Å². The number of aromatic nitrogens is 1. The number of Topliss-reactive ketones (excluding diaryl/α,β-unsaturated/α-hetero) is 1. The highest BCUT2D eigenvalue weighted by atomic mass is 32.1. The molecule has 2 rings (SSSR count). The van der Waals surface area contributed by atoms with Gasteiger partial charge in [-0.3, -0.25) is 4.79 Å². The minimum Gasteiger partial charge on any atom is -0.385 e. The summed E-state index contributed by atoms with van der Waals surface area (Å²) in [5.41, 5.74) is 0.990. The van der Waals surface area contributed by atoms with Gasteiger partial charge in [-0.15, -0.1) is 11.3 Å². The number of carbonyl (C=O) groups excluding carboxylic acids is 1. The van der Waals surface area contributed by atoms with Crippen molar-refractivity contribution in [1.29, 1.82) is 0 Å². The number of rotatable bonds is 4. The molecule has 1 heterocycles. The third-order valence-corrected chi connectivity index (χ3v) is 3.87. The lowest BCUT2D eigenvalue weighted by atomic mass is 10.1. The molecule has 1 saturated carbocycles. The molecular weight excluding hydrogens is 210 g/mol. The Balaban J connectivity index is 1.98. The van der Waals surface area contributed by atoms with Crippen LogP contribution in [0.2, 0.25) is 0 Å². The van der Waals surface area contributed by atoms with Crippen LogP contribution in [0.4, 0.5) is 0 Å². The van der Waals surface area contributed by atoms with Crippen molar-refractivity contribution < 1.29 is 9.90 Å². The van der Waals surface area contributed by atoms with Crippen LogP contribution in [0.15, 0.2) is 0 Å². The van der Waals surface area contributed by atoms with Crippen LogP contribution in [-0.4, -0.2) is 22.0 Å². The molecule has 1 aliphatic carbocycles. The molecule has 1 N–H and O–H groups in total. The van der Waals surface area contributed by atoms with Crippen molar-refractivity contribution in [3.05, 3.63) is 15.6 Å². The van der Waals surface area contributed by atoms with E-state index in [2.05, 4.69) is 4.98 Å². The van der Waals surface area contributed by atoms with Gasteiger partial charge < -0.3 is 5.11 Å². The van der Waals surface area contributed by atoms with Gasteiger partial charge in [0.15, 0.2) is 5.78 Å². The summed E-state index contributed by atoms with van der Waals surface area (Å²) in [5.74, 6) is 0.144. The molecule has 0 radical (unpaired) electrons. The second-order valence-corrected chi connectivity index (χ2v) is 5.46. The summed E-state index contributed by atoms with van der Waals surface area (Å²) < 4.78 is 0. The van der Waals surface area contributed by atoms with Crippen LogP contribution < -0.4 is 0 Å². The van der Waals surface area contributed by atoms with Crippen molar-refractivity contribution in [2.24, 2.45) is 5.92 Å². The first kappa shape index (κ1) is 10.8. The van der Waals surface area contributed by atoms with E-state index < -0.39 is 6.10 Å². The first-order valence-electron chi connectivity index (χ1n) is 5.21. The van der Waals surface area contributed by atoms with Crippen LogP contribution >= 0.6 is 11.3 Å². The topological polar surface area (TPSA) is 50.2 Å². The summed E-state index contributed by atoms with van der Waals surface area (Å²) in [5, 5.41) is 10.5. The van der Waals surface area contributed by atoms with Crippen molar-refractivity contribution in [1.82, 2.24) is 4.98 Å². The third-order valence-electron chi connectivity index (χ3n) is 2.80. The Kier molecular flexibility index (Phi) is 2.89. The monoisotopic (exact) mass is 225 g/mol. The number of nitrogens with zero attached hydrogens (tertiary/aromatic N) is 1. The average molecular weight is 225 g/mol. The molecule has 1 aromatic rings. The largest absolute Gasteiger partial charge is 0.385 e. The van der Waals surface area contributed by atoms with E-state index in [4.69, 9.17) is 0 Å². The van der Waals surface area contributed by atoms with E-state index >= 15 is 0 Å². The third kappa shape index (κ3) is 2.44. The van der Waals surface area contributed by atoms with E-state index in [1.165, 1.54) is 0 Å². The first-order chi connectivity index (χ1) is 7.08. The maximum absolute atomic E-state index is 11.6. The van der Waals surface area contributed by atoms with Gasteiger partial charge in [-0.25, -0.2) is 4.98 Å². The van der Waals surface area contributed by atoms with Crippen molar-refractivity contribution >= 4 is 17.1 Å². The van der Waals surface area contributed by atoms with Crippen LogP contribution in [0.3, 0.4) is 0 Å². The fourth-order valence-corrected chi connectivity index (χ4v) is 2.49. The Bertz CT molecular complexity index is 362. The molecule has 0 aromatic carbocycles. The molecule has 3 nitrogen and oxygen atoms in total. The van der Waals surface area contributed by atoms with E-state index in [0.29, 0.717) is 0 Å². The second kappa shape index (κ2) is 4.02. The van der Waals surface area contributed by atoms with Gasteiger partial charge in [-0.2, -0.15) is 0 Å². The Morgan fingerprint density at radius 2 is 2.27 bits per heavy atom. The van der Waals surface area contributed by atoms with Gasteiger partial charge in [0.05, 0.1) is 12.1 Å². The number of ketones is 1. The lowest BCUT2D eigenvalue weighted by molar-refractivity contribution is -0.127. The molecule has 0 saturated heterocycles. The van der Waals surface area contributed by atoms with Crippen molar-refractivity contribution in [3.63, 3.8) is 0 Å². The van der Waals surface area contributed by atoms with E-state index in [-0.39, 0.29) is 18.1 Å². The number of carbonyl (C=O) groups is 1. The van der Waals surface area contributed by atoms with Crippen LogP contribution in [0.25, 0.3) is 0 Å². The molecule has 1 unspecified atom stereocenters. The molecule has 0 spiro atoms. The van der Waals surface area contributed by atoms with E-state index in [0.717, 1.165) is 28.4 Å². The quantitative estimate of drug-likeness (QED) is 0.847. The van der Waals surface area contributed by atoms with Gasteiger partial charge in [0.2, 0.25) is 0 Å². The first-order valence-corrected chi connectivity index (χ1v) is 6.03. The zero-order valence-corrected chi connectivity index (χ0v) is 9.80. The van der Waals surface area contributed by atoms with Gasteiger partial charge in [0, 0.05) is 4.88 Å². The second-order valence-electron chi connectivity index (χ2n) is 4.17. The molecule has 0 bridgehead atoms. The predicted molar refractivity (Wildman–Crippen MR) is 59.0 cm³/mol. The zero-order chi connectivity index (χ0) is 11.0. The summed E-state index contributed by atoms with van der Waals surface area (Å²) in [6.07, 6.45) is 1.51. The van der Waals surface area contributed by atoms with Crippen LogP contribution in [0.5, 0.6) is 0 Å². The zero-order valence-electron chi connectivity index (χ0n) is 8.99. The molecule has 82 valence electrons. The standard InChI is InChI=1S/C11H15NO2S/c1-6-7(2)15-10(12-6)5-9(13)11(14)8-3-4-8/h8,11,14H,3-5H2,1-2H3. The highest BCUT2D eigenvalue weighted by Crippen LogP contribution is 2.33. The summed E-state index contributed by atoms with van der Waals surface area (Å²) in [7, 11) is 0. The maximum Gasteiger partial charge on any atom is 0.168 e. The van der Waals surface area contributed by atoms with Crippen LogP contribution in [-0.2, 0) is 11.2 Å². The number of aliphatic hydroxyl groups is 1. The normalized spacial score (nSPS) is 17.8. The number of hydrogen-bond donors (Lipinski definition) is 1. The highest BCUT2D eigenvalue weighted by Gasteiger charge is 2.34. The molecule has 0 amide bonds. The molecule has 1 aromatic heterocycles. The summed E-state index contributed by atoms with van der Waals surface area (Å²) in [4.78, 5) is 17.1. The SMILES string of the molecule is Cc1nc(CC(=O)C(O)C2CC2)sc1C. The molecule has 0 aliphatic heterocycles. The smallest absolute Gasteiger partial charge is 0.168 e.